The van der Waals surface area contributed by atoms with Crippen LogP contribution in [0.1, 0.15) is 20.8 Å². The number of halogens is 2. The third kappa shape index (κ3) is 1.61. The van der Waals surface area contributed by atoms with Gasteiger partial charge in [0.25, 0.3) is 5.92 Å². The fraction of sp³-hybridized carbons (Fsp3) is 0.889. The summed E-state index contributed by atoms with van der Waals surface area (Å²) >= 11 is 0. The minimum Gasteiger partial charge on any atom is -0.355 e. The first-order valence-corrected chi connectivity index (χ1v) is 4.72. The molecule has 1 aliphatic heterocycles. The Balaban J connectivity index is 2.79. The highest BCUT2D eigenvalue weighted by Gasteiger charge is 2.58. The first-order valence-electron chi connectivity index (χ1n) is 4.72. The summed E-state index contributed by atoms with van der Waals surface area (Å²) in [6.07, 6.45) is 0. The zero-order valence-electron chi connectivity index (χ0n) is 8.66. The molecule has 1 rings (SSSR count). The van der Waals surface area contributed by atoms with Gasteiger partial charge in [-0.2, -0.15) is 0 Å². The van der Waals surface area contributed by atoms with Crippen molar-refractivity contribution in [2.24, 2.45) is 5.41 Å². The van der Waals surface area contributed by atoms with Crippen LogP contribution in [-0.4, -0.2) is 31.0 Å². The van der Waals surface area contributed by atoms with Gasteiger partial charge in [-0.25, -0.2) is 8.78 Å². The van der Waals surface area contributed by atoms with Crippen molar-refractivity contribution in [2.45, 2.75) is 32.7 Å². The molecule has 2 N–H and O–H groups in total. The molecule has 3 nitrogen and oxygen atoms in total. The maximum Gasteiger partial charge on any atom is 0.267 e. The van der Waals surface area contributed by atoms with Crippen molar-refractivity contribution in [2.75, 3.05) is 13.1 Å². The average Bonchev–Trinajstić information content (AvgIpc) is 2.23. The predicted molar refractivity (Wildman–Crippen MR) is 49.2 cm³/mol. The van der Waals surface area contributed by atoms with Crippen molar-refractivity contribution in [1.82, 2.24) is 10.6 Å². The minimum atomic E-state index is -2.83. The summed E-state index contributed by atoms with van der Waals surface area (Å²) in [5, 5.41) is 5.11. The fourth-order valence-corrected chi connectivity index (χ4v) is 1.62. The van der Waals surface area contributed by atoms with E-state index in [4.69, 9.17) is 0 Å². The number of nitrogens with one attached hydrogen (secondary N) is 2. The van der Waals surface area contributed by atoms with Crippen molar-refractivity contribution in [3.63, 3.8) is 0 Å². The summed E-state index contributed by atoms with van der Waals surface area (Å²) in [6, 6.07) is -0.808. The highest BCUT2D eigenvalue weighted by molar-refractivity contribution is 5.83. The van der Waals surface area contributed by atoms with Crippen molar-refractivity contribution >= 4 is 5.91 Å². The molecule has 0 spiro atoms. The maximum absolute atomic E-state index is 13.3. The molecular weight excluding hydrogens is 190 g/mol. The molecule has 0 aliphatic carbocycles. The van der Waals surface area contributed by atoms with Gasteiger partial charge < -0.3 is 5.32 Å². The highest BCUT2D eigenvalue weighted by atomic mass is 19.3. The Kier molecular flexibility index (Phi) is 2.81. The van der Waals surface area contributed by atoms with Gasteiger partial charge in [0, 0.05) is 6.54 Å². The molecule has 0 aromatic rings. The SMILES string of the molecule is CCNC(=O)C1NCC(F)(F)C1(C)C. The van der Waals surface area contributed by atoms with E-state index >= 15 is 0 Å². The van der Waals surface area contributed by atoms with Gasteiger partial charge in [0.05, 0.1) is 18.0 Å². The Bertz CT molecular complexity index is 241. The maximum atomic E-state index is 13.3. The fourth-order valence-electron chi connectivity index (χ4n) is 1.62. The summed E-state index contributed by atoms with van der Waals surface area (Å²) in [4.78, 5) is 11.4. The van der Waals surface area contributed by atoms with Crippen LogP contribution in [0.5, 0.6) is 0 Å². The quantitative estimate of drug-likeness (QED) is 0.700. The number of hydrogen-bond acceptors (Lipinski definition) is 2. The summed E-state index contributed by atoms with van der Waals surface area (Å²) < 4.78 is 26.7. The molecule has 1 unspecified atom stereocenters. The minimum absolute atomic E-state index is 0.352. The number of carbonyl (C=O) groups excluding carboxylic acids is 1. The molecule has 5 heteroatoms. The van der Waals surface area contributed by atoms with Crippen LogP contribution in [0.25, 0.3) is 0 Å². The van der Waals surface area contributed by atoms with Gasteiger partial charge in [-0.1, -0.05) is 13.8 Å². The lowest BCUT2D eigenvalue weighted by Crippen LogP contribution is -2.49. The van der Waals surface area contributed by atoms with Crippen molar-refractivity contribution in [1.29, 1.82) is 0 Å². The van der Waals surface area contributed by atoms with E-state index < -0.39 is 23.9 Å². The number of hydrogen-bond donors (Lipinski definition) is 2. The first-order chi connectivity index (χ1) is 6.33. The first kappa shape index (κ1) is 11.4. The molecule has 0 bridgehead atoms. The van der Waals surface area contributed by atoms with Crippen LogP contribution < -0.4 is 10.6 Å². The molecule has 14 heavy (non-hydrogen) atoms. The molecule has 0 saturated carbocycles. The van der Waals surface area contributed by atoms with Gasteiger partial charge in [-0.15, -0.1) is 0 Å². The predicted octanol–water partition coefficient (Wildman–Crippen LogP) is 0.756. The van der Waals surface area contributed by atoms with Crippen LogP contribution >= 0.6 is 0 Å². The second-order valence-corrected chi connectivity index (χ2v) is 4.13. The van der Waals surface area contributed by atoms with Gasteiger partial charge in [-0.05, 0) is 6.92 Å². The Morgan fingerprint density at radius 1 is 1.57 bits per heavy atom. The molecule has 82 valence electrons. The van der Waals surface area contributed by atoms with Gasteiger partial charge >= 0.3 is 0 Å². The molecule has 1 heterocycles. The van der Waals surface area contributed by atoms with E-state index in [1.54, 1.807) is 6.92 Å². The van der Waals surface area contributed by atoms with Crippen LogP contribution in [-0.2, 0) is 4.79 Å². The lowest BCUT2D eigenvalue weighted by Gasteiger charge is -2.30. The van der Waals surface area contributed by atoms with Crippen molar-refractivity contribution in [3.05, 3.63) is 0 Å². The molecule has 1 saturated heterocycles. The lowest BCUT2D eigenvalue weighted by molar-refractivity contribution is -0.130. The van der Waals surface area contributed by atoms with Gasteiger partial charge in [-0.3, -0.25) is 10.1 Å². The van der Waals surface area contributed by atoms with E-state index in [1.165, 1.54) is 13.8 Å². The van der Waals surface area contributed by atoms with E-state index in [1.807, 2.05) is 0 Å². The Hall–Kier alpha value is -0.710. The average molecular weight is 206 g/mol. The largest absolute Gasteiger partial charge is 0.355 e. The lowest BCUT2D eigenvalue weighted by atomic mass is 9.81. The molecule has 1 aliphatic rings. The zero-order chi connectivity index (χ0) is 11.0. The molecule has 1 fully saturated rings. The second kappa shape index (κ2) is 3.46. The van der Waals surface area contributed by atoms with Crippen LogP contribution in [0.15, 0.2) is 0 Å². The molecule has 1 amide bonds. The Labute approximate surface area is 82.2 Å². The number of rotatable bonds is 2. The zero-order valence-corrected chi connectivity index (χ0v) is 8.66. The number of amides is 1. The van der Waals surface area contributed by atoms with E-state index in [0.717, 1.165) is 0 Å². The number of carbonyl (C=O) groups is 1. The summed E-state index contributed by atoms with van der Waals surface area (Å²) in [5.41, 5.74) is -1.33. The van der Waals surface area contributed by atoms with Crippen LogP contribution in [0.2, 0.25) is 0 Å². The third-order valence-corrected chi connectivity index (χ3v) is 2.81. The van der Waals surface area contributed by atoms with Crippen LogP contribution in [0.4, 0.5) is 8.78 Å². The number of likely N-dealkylation sites (N-methyl/N-ethyl adjacent to an activating group) is 1. The van der Waals surface area contributed by atoms with E-state index in [9.17, 15) is 13.6 Å². The summed E-state index contributed by atoms with van der Waals surface area (Å²) in [5.74, 6) is -3.18. The standard InChI is InChI=1S/C9H16F2N2O/c1-4-12-7(14)6-8(2,3)9(10,11)5-13-6/h6,13H,4-5H2,1-3H3,(H,12,14). The molecule has 1 atom stereocenters. The summed E-state index contributed by atoms with van der Waals surface area (Å²) in [7, 11) is 0. The normalized spacial score (nSPS) is 28.8. The smallest absolute Gasteiger partial charge is 0.267 e. The Morgan fingerprint density at radius 3 is 2.50 bits per heavy atom. The second-order valence-electron chi connectivity index (χ2n) is 4.13. The topological polar surface area (TPSA) is 41.1 Å². The number of alkyl halides is 2. The monoisotopic (exact) mass is 206 g/mol. The van der Waals surface area contributed by atoms with Crippen LogP contribution in [0.3, 0.4) is 0 Å². The van der Waals surface area contributed by atoms with Crippen LogP contribution in [0, 0.1) is 5.41 Å². The van der Waals surface area contributed by atoms with Crippen molar-refractivity contribution in [3.8, 4) is 0 Å². The summed E-state index contributed by atoms with van der Waals surface area (Å²) in [6.45, 7) is 4.61. The van der Waals surface area contributed by atoms with Gasteiger partial charge in [0.15, 0.2) is 0 Å². The molecular formula is C9H16F2N2O. The van der Waals surface area contributed by atoms with Gasteiger partial charge in [0.2, 0.25) is 5.91 Å². The van der Waals surface area contributed by atoms with Crippen molar-refractivity contribution < 1.29 is 13.6 Å². The third-order valence-electron chi connectivity index (χ3n) is 2.81. The molecule has 0 aromatic carbocycles. The van der Waals surface area contributed by atoms with Gasteiger partial charge in [0.1, 0.15) is 0 Å². The molecule has 0 radical (unpaired) electrons. The van der Waals surface area contributed by atoms with E-state index in [2.05, 4.69) is 10.6 Å². The van der Waals surface area contributed by atoms with E-state index in [0.29, 0.717) is 6.54 Å². The molecule has 0 aromatic heterocycles. The Morgan fingerprint density at radius 2 is 2.14 bits per heavy atom. The van der Waals surface area contributed by atoms with E-state index in [-0.39, 0.29) is 5.91 Å². The highest BCUT2D eigenvalue weighted by Crippen LogP contribution is 2.43.